The molecule has 1 aromatic heterocycles. The summed E-state index contributed by atoms with van der Waals surface area (Å²) in [7, 11) is 1.61. The van der Waals surface area contributed by atoms with Gasteiger partial charge in [0.15, 0.2) is 0 Å². The Morgan fingerprint density at radius 3 is 2.88 bits per heavy atom. The molecular formula is C13H15ClO3. The van der Waals surface area contributed by atoms with Gasteiger partial charge in [-0.05, 0) is 31.2 Å². The molecule has 0 bridgehead atoms. The zero-order valence-electron chi connectivity index (χ0n) is 9.87. The van der Waals surface area contributed by atoms with E-state index in [9.17, 15) is 5.11 Å². The molecule has 0 saturated heterocycles. The highest BCUT2D eigenvalue weighted by molar-refractivity contribution is 6.31. The molecule has 3 nitrogen and oxygen atoms in total. The van der Waals surface area contributed by atoms with Crippen LogP contribution in [0.4, 0.5) is 0 Å². The molecule has 2 aromatic rings. The Hall–Kier alpha value is -1.03. The predicted molar refractivity (Wildman–Crippen MR) is 67.3 cm³/mol. The van der Waals surface area contributed by atoms with E-state index in [2.05, 4.69) is 0 Å². The number of benzene rings is 1. The molecule has 0 fully saturated rings. The zero-order chi connectivity index (χ0) is 12.5. The van der Waals surface area contributed by atoms with Crippen molar-refractivity contribution in [1.29, 1.82) is 0 Å². The van der Waals surface area contributed by atoms with Crippen molar-refractivity contribution in [2.24, 2.45) is 0 Å². The second-order valence-corrected chi connectivity index (χ2v) is 4.75. The summed E-state index contributed by atoms with van der Waals surface area (Å²) in [5.41, 5.74) is -0.302. The molecule has 0 aliphatic rings. The van der Waals surface area contributed by atoms with Crippen LogP contribution in [0.5, 0.6) is 0 Å². The average molecular weight is 255 g/mol. The van der Waals surface area contributed by atoms with Crippen molar-refractivity contribution in [1.82, 2.24) is 0 Å². The Balaban J connectivity index is 2.35. The molecule has 0 amide bonds. The van der Waals surface area contributed by atoms with Gasteiger partial charge in [-0.15, -0.1) is 0 Å². The maximum Gasteiger partial charge on any atom is 0.136 e. The number of fused-ring (bicyclic) bond motifs is 1. The second kappa shape index (κ2) is 4.69. The summed E-state index contributed by atoms with van der Waals surface area (Å²) in [4.78, 5) is 0. The maximum atomic E-state index is 10.3. The van der Waals surface area contributed by atoms with Crippen LogP contribution in [0, 0.1) is 0 Å². The maximum absolute atomic E-state index is 10.3. The van der Waals surface area contributed by atoms with Gasteiger partial charge in [0, 0.05) is 30.5 Å². The van der Waals surface area contributed by atoms with Crippen molar-refractivity contribution in [3.8, 4) is 0 Å². The lowest BCUT2D eigenvalue weighted by Gasteiger charge is -2.19. The molecule has 0 radical (unpaired) electrons. The monoisotopic (exact) mass is 254 g/mol. The number of methoxy groups -OCH3 is 1. The lowest BCUT2D eigenvalue weighted by molar-refractivity contribution is 0.00404. The summed E-state index contributed by atoms with van der Waals surface area (Å²) in [6.07, 6.45) is 0.483. The Morgan fingerprint density at radius 2 is 2.18 bits per heavy atom. The van der Waals surface area contributed by atoms with E-state index in [4.69, 9.17) is 20.8 Å². The van der Waals surface area contributed by atoms with Gasteiger partial charge in [-0.25, -0.2) is 0 Å². The number of aliphatic hydroxyl groups is 1. The van der Waals surface area contributed by atoms with Crippen LogP contribution in [0.3, 0.4) is 0 Å². The summed E-state index contributed by atoms with van der Waals surface area (Å²) < 4.78 is 10.6. The fourth-order valence-electron chi connectivity index (χ4n) is 1.70. The van der Waals surface area contributed by atoms with Crippen LogP contribution in [0.15, 0.2) is 28.7 Å². The van der Waals surface area contributed by atoms with Gasteiger partial charge in [-0.2, -0.15) is 0 Å². The molecular weight excluding hydrogens is 240 g/mol. The van der Waals surface area contributed by atoms with Gasteiger partial charge in [0.1, 0.15) is 16.9 Å². The van der Waals surface area contributed by atoms with Crippen LogP contribution in [0.25, 0.3) is 11.0 Å². The third-order valence-corrected chi connectivity index (χ3v) is 3.04. The van der Waals surface area contributed by atoms with Crippen LogP contribution < -0.4 is 0 Å². The topological polar surface area (TPSA) is 42.6 Å². The SMILES string of the molecule is COCCC(C)(O)c1cc2cc(Cl)ccc2o1. The standard InChI is InChI=1S/C13H15ClO3/c1-13(15,5-6-16-2)12-8-9-7-10(14)3-4-11(9)17-12/h3-4,7-8,15H,5-6H2,1-2H3. The molecule has 2 rings (SSSR count). The molecule has 92 valence electrons. The minimum atomic E-state index is -1.03. The molecule has 0 saturated carbocycles. The summed E-state index contributed by atoms with van der Waals surface area (Å²) in [6, 6.07) is 7.20. The minimum absolute atomic E-state index is 0.477. The first-order chi connectivity index (χ1) is 8.03. The van der Waals surface area contributed by atoms with Crippen LogP contribution in [-0.2, 0) is 10.3 Å². The first kappa shape index (κ1) is 12.4. The van der Waals surface area contributed by atoms with Crippen LogP contribution >= 0.6 is 11.6 Å². The quantitative estimate of drug-likeness (QED) is 0.910. The van der Waals surface area contributed by atoms with Gasteiger partial charge in [-0.3, -0.25) is 0 Å². The summed E-state index contributed by atoms with van der Waals surface area (Å²) in [6.45, 7) is 2.19. The largest absolute Gasteiger partial charge is 0.458 e. The smallest absolute Gasteiger partial charge is 0.136 e. The van der Waals surface area contributed by atoms with Crippen LogP contribution in [0.2, 0.25) is 5.02 Å². The van der Waals surface area contributed by atoms with E-state index in [0.29, 0.717) is 23.8 Å². The molecule has 1 heterocycles. The molecule has 0 aliphatic carbocycles. The number of ether oxygens (including phenoxy) is 1. The van der Waals surface area contributed by atoms with E-state index in [-0.39, 0.29) is 0 Å². The summed E-state index contributed by atoms with van der Waals surface area (Å²) in [5.74, 6) is 0.534. The number of hydrogen-bond donors (Lipinski definition) is 1. The third kappa shape index (κ3) is 2.63. The highest BCUT2D eigenvalue weighted by Crippen LogP contribution is 2.31. The molecule has 0 spiro atoms. The lowest BCUT2D eigenvalue weighted by Crippen LogP contribution is -2.22. The van der Waals surface area contributed by atoms with E-state index in [1.165, 1.54) is 0 Å². The van der Waals surface area contributed by atoms with Crippen molar-refractivity contribution >= 4 is 22.6 Å². The Kier molecular flexibility index (Phi) is 3.43. The Labute approximate surface area is 105 Å². The molecule has 4 heteroatoms. The van der Waals surface area contributed by atoms with Gasteiger partial charge in [0.05, 0.1) is 0 Å². The fourth-order valence-corrected chi connectivity index (χ4v) is 1.88. The molecule has 0 aliphatic heterocycles. The van der Waals surface area contributed by atoms with Crippen LogP contribution in [0.1, 0.15) is 19.1 Å². The van der Waals surface area contributed by atoms with Gasteiger partial charge in [0.2, 0.25) is 0 Å². The zero-order valence-corrected chi connectivity index (χ0v) is 10.6. The van der Waals surface area contributed by atoms with Gasteiger partial charge >= 0.3 is 0 Å². The van der Waals surface area contributed by atoms with Crippen molar-refractivity contribution in [2.75, 3.05) is 13.7 Å². The molecule has 1 atom stereocenters. The second-order valence-electron chi connectivity index (χ2n) is 4.31. The van der Waals surface area contributed by atoms with E-state index >= 15 is 0 Å². The third-order valence-electron chi connectivity index (χ3n) is 2.80. The predicted octanol–water partition coefficient (Wildman–Crippen LogP) is 3.33. The van der Waals surface area contributed by atoms with Gasteiger partial charge < -0.3 is 14.3 Å². The highest BCUT2D eigenvalue weighted by Gasteiger charge is 2.27. The number of furan rings is 1. The molecule has 1 aromatic carbocycles. The van der Waals surface area contributed by atoms with E-state index in [0.717, 1.165) is 11.0 Å². The van der Waals surface area contributed by atoms with Crippen LogP contribution in [-0.4, -0.2) is 18.8 Å². The number of halogens is 1. The minimum Gasteiger partial charge on any atom is -0.458 e. The normalized spacial score (nSPS) is 15.1. The van der Waals surface area contributed by atoms with Gasteiger partial charge in [0.25, 0.3) is 0 Å². The van der Waals surface area contributed by atoms with E-state index in [1.54, 1.807) is 26.2 Å². The number of hydrogen-bond acceptors (Lipinski definition) is 3. The van der Waals surface area contributed by atoms with Crippen molar-refractivity contribution in [3.05, 3.63) is 35.0 Å². The Morgan fingerprint density at radius 1 is 1.41 bits per heavy atom. The highest BCUT2D eigenvalue weighted by atomic mass is 35.5. The molecule has 1 N–H and O–H groups in total. The summed E-state index contributed by atoms with van der Waals surface area (Å²) in [5, 5.41) is 11.8. The van der Waals surface area contributed by atoms with Gasteiger partial charge in [-0.1, -0.05) is 11.6 Å². The Bertz CT molecular complexity index is 516. The van der Waals surface area contributed by atoms with E-state index < -0.39 is 5.60 Å². The average Bonchev–Trinajstić information content (AvgIpc) is 2.70. The van der Waals surface area contributed by atoms with Crippen molar-refractivity contribution in [2.45, 2.75) is 18.9 Å². The summed E-state index contributed by atoms with van der Waals surface area (Å²) >= 11 is 5.90. The first-order valence-corrected chi connectivity index (χ1v) is 5.81. The lowest BCUT2D eigenvalue weighted by atomic mass is 9.99. The fraction of sp³-hybridized carbons (Fsp3) is 0.385. The van der Waals surface area contributed by atoms with Crippen molar-refractivity contribution in [3.63, 3.8) is 0 Å². The van der Waals surface area contributed by atoms with Crippen molar-refractivity contribution < 1.29 is 14.3 Å². The van der Waals surface area contributed by atoms with E-state index in [1.807, 2.05) is 12.1 Å². The number of rotatable bonds is 4. The first-order valence-electron chi connectivity index (χ1n) is 5.44. The molecule has 1 unspecified atom stereocenters. The molecule has 17 heavy (non-hydrogen) atoms.